The molecule has 2 heteroatoms. The lowest BCUT2D eigenvalue weighted by molar-refractivity contribution is 0.627. The van der Waals surface area contributed by atoms with Gasteiger partial charge in [-0.3, -0.25) is 0 Å². The largest absolute Gasteiger partial charge is 0.341 e. The zero-order valence-corrected chi connectivity index (χ0v) is 8.83. The van der Waals surface area contributed by atoms with Crippen molar-refractivity contribution in [2.75, 3.05) is 11.4 Å². The zero-order chi connectivity index (χ0) is 10.8. The minimum Gasteiger partial charge on any atom is -0.341 e. The highest BCUT2D eigenvalue weighted by atomic mass is 19.1. The Morgan fingerprint density at radius 3 is 2.87 bits per heavy atom. The SMILES string of the molecule is C=C1C=Cc2ccc(F)cc2N1CCC. The summed E-state index contributed by atoms with van der Waals surface area (Å²) in [5, 5.41) is 0. The van der Waals surface area contributed by atoms with Crippen molar-refractivity contribution in [2.24, 2.45) is 0 Å². The zero-order valence-electron chi connectivity index (χ0n) is 8.83. The highest BCUT2D eigenvalue weighted by Crippen LogP contribution is 2.30. The van der Waals surface area contributed by atoms with E-state index in [1.807, 2.05) is 12.2 Å². The van der Waals surface area contributed by atoms with Crippen LogP contribution in [-0.2, 0) is 0 Å². The molecule has 0 unspecified atom stereocenters. The van der Waals surface area contributed by atoms with Crippen LogP contribution in [0, 0.1) is 5.82 Å². The summed E-state index contributed by atoms with van der Waals surface area (Å²) < 4.78 is 13.2. The first-order valence-corrected chi connectivity index (χ1v) is 5.16. The molecular formula is C13H14FN. The number of benzene rings is 1. The maximum absolute atomic E-state index is 13.2. The fraction of sp³-hybridized carbons (Fsp3) is 0.231. The molecular weight excluding hydrogens is 189 g/mol. The summed E-state index contributed by atoms with van der Waals surface area (Å²) >= 11 is 0. The smallest absolute Gasteiger partial charge is 0.125 e. The molecule has 0 bridgehead atoms. The molecule has 2 rings (SSSR count). The van der Waals surface area contributed by atoms with Gasteiger partial charge in [0.25, 0.3) is 0 Å². The Labute approximate surface area is 89.5 Å². The predicted molar refractivity (Wildman–Crippen MR) is 62.2 cm³/mol. The van der Waals surface area contributed by atoms with Crippen molar-refractivity contribution >= 4 is 11.8 Å². The Balaban J connectivity index is 2.47. The Hall–Kier alpha value is -1.57. The second kappa shape index (κ2) is 3.89. The quantitative estimate of drug-likeness (QED) is 0.710. The summed E-state index contributed by atoms with van der Waals surface area (Å²) in [4.78, 5) is 2.05. The van der Waals surface area contributed by atoms with Gasteiger partial charge in [-0.1, -0.05) is 19.6 Å². The van der Waals surface area contributed by atoms with Crippen molar-refractivity contribution in [1.29, 1.82) is 0 Å². The highest BCUT2D eigenvalue weighted by molar-refractivity contribution is 5.76. The van der Waals surface area contributed by atoms with E-state index in [9.17, 15) is 4.39 Å². The molecule has 78 valence electrons. The number of allylic oxidation sites excluding steroid dienone is 1. The van der Waals surface area contributed by atoms with Crippen LogP contribution in [0.1, 0.15) is 18.9 Å². The van der Waals surface area contributed by atoms with Gasteiger partial charge in [-0.25, -0.2) is 4.39 Å². The van der Waals surface area contributed by atoms with E-state index in [0.717, 1.165) is 29.9 Å². The summed E-state index contributed by atoms with van der Waals surface area (Å²) in [5.41, 5.74) is 2.90. The average Bonchev–Trinajstić information content (AvgIpc) is 2.23. The van der Waals surface area contributed by atoms with E-state index >= 15 is 0 Å². The Bertz CT molecular complexity index is 421. The minimum atomic E-state index is -0.196. The van der Waals surface area contributed by atoms with Crippen molar-refractivity contribution in [3.8, 4) is 0 Å². The highest BCUT2D eigenvalue weighted by Gasteiger charge is 2.15. The number of halogens is 1. The second-order valence-corrected chi connectivity index (χ2v) is 3.68. The third kappa shape index (κ3) is 1.80. The predicted octanol–water partition coefficient (Wildman–Crippen LogP) is 3.58. The van der Waals surface area contributed by atoms with Crippen LogP contribution in [0.2, 0.25) is 0 Å². The third-order valence-electron chi connectivity index (χ3n) is 2.53. The second-order valence-electron chi connectivity index (χ2n) is 3.68. The van der Waals surface area contributed by atoms with Gasteiger partial charge in [-0.05, 0) is 36.3 Å². The van der Waals surface area contributed by atoms with Crippen molar-refractivity contribution in [3.05, 3.63) is 47.9 Å². The maximum atomic E-state index is 13.2. The first-order chi connectivity index (χ1) is 7.22. The molecule has 1 heterocycles. The molecule has 0 radical (unpaired) electrons. The Kier molecular flexibility index (Phi) is 2.58. The molecule has 1 aliphatic heterocycles. The van der Waals surface area contributed by atoms with Crippen LogP contribution in [-0.4, -0.2) is 6.54 Å². The summed E-state index contributed by atoms with van der Waals surface area (Å²) in [6, 6.07) is 4.86. The molecule has 1 aromatic rings. The topological polar surface area (TPSA) is 3.24 Å². The molecule has 0 amide bonds. The molecule has 0 spiro atoms. The van der Waals surface area contributed by atoms with Crippen molar-refractivity contribution in [2.45, 2.75) is 13.3 Å². The lowest BCUT2D eigenvalue weighted by Gasteiger charge is -2.29. The van der Waals surface area contributed by atoms with Crippen LogP contribution in [0.5, 0.6) is 0 Å². The molecule has 0 atom stereocenters. The molecule has 0 aliphatic carbocycles. The average molecular weight is 203 g/mol. The first-order valence-electron chi connectivity index (χ1n) is 5.16. The van der Waals surface area contributed by atoms with Crippen molar-refractivity contribution < 1.29 is 4.39 Å². The summed E-state index contributed by atoms with van der Waals surface area (Å²) in [6.07, 6.45) is 4.96. The van der Waals surface area contributed by atoms with Gasteiger partial charge in [-0.15, -0.1) is 0 Å². The number of anilines is 1. The van der Waals surface area contributed by atoms with E-state index in [4.69, 9.17) is 0 Å². The van der Waals surface area contributed by atoms with Gasteiger partial charge >= 0.3 is 0 Å². The van der Waals surface area contributed by atoms with E-state index in [0.29, 0.717) is 0 Å². The van der Waals surface area contributed by atoms with Crippen molar-refractivity contribution in [3.63, 3.8) is 0 Å². The molecule has 0 aromatic heterocycles. The molecule has 0 saturated heterocycles. The van der Waals surface area contributed by atoms with E-state index in [1.165, 1.54) is 6.07 Å². The normalized spacial score (nSPS) is 14.3. The molecule has 1 nitrogen and oxygen atoms in total. The molecule has 0 N–H and O–H groups in total. The lowest BCUT2D eigenvalue weighted by Crippen LogP contribution is -2.24. The molecule has 1 aromatic carbocycles. The van der Waals surface area contributed by atoms with Gasteiger partial charge in [0.1, 0.15) is 5.82 Å². The third-order valence-corrected chi connectivity index (χ3v) is 2.53. The van der Waals surface area contributed by atoms with Crippen LogP contribution in [0.15, 0.2) is 36.6 Å². The van der Waals surface area contributed by atoms with Gasteiger partial charge in [0.15, 0.2) is 0 Å². The lowest BCUT2D eigenvalue weighted by atomic mass is 10.1. The standard InChI is InChI=1S/C13H14FN/c1-3-8-15-10(2)4-5-11-6-7-12(14)9-13(11)15/h4-7,9H,2-3,8H2,1H3. The van der Waals surface area contributed by atoms with Gasteiger partial charge in [-0.2, -0.15) is 0 Å². The number of rotatable bonds is 2. The maximum Gasteiger partial charge on any atom is 0.125 e. The van der Waals surface area contributed by atoms with E-state index < -0.39 is 0 Å². The summed E-state index contributed by atoms with van der Waals surface area (Å²) in [5.74, 6) is -0.196. The fourth-order valence-corrected chi connectivity index (χ4v) is 1.81. The fourth-order valence-electron chi connectivity index (χ4n) is 1.81. The van der Waals surface area contributed by atoms with Crippen LogP contribution in [0.25, 0.3) is 6.08 Å². The summed E-state index contributed by atoms with van der Waals surface area (Å²) in [6.45, 7) is 6.94. The van der Waals surface area contributed by atoms with Crippen LogP contribution < -0.4 is 4.90 Å². The van der Waals surface area contributed by atoms with Crippen LogP contribution >= 0.6 is 0 Å². The van der Waals surface area contributed by atoms with E-state index in [1.54, 1.807) is 12.1 Å². The number of fused-ring (bicyclic) bond motifs is 1. The Morgan fingerprint density at radius 1 is 1.33 bits per heavy atom. The van der Waals surface area contributed by atoms with Crippen LogP contribution in [0.3, 0.4) is 0 Å². The minimum absolute atomic E-state index is 0.196. The van der Waals surface area contributed by atoms with Gasteiger partial charge in [0.2, 0.25) is 0 Å². The van der Waals surface area contributed by atoms with E-state index in [2.05, 4.69) is 18.4 Å². The van der Waals surface area contributed by atoms with Gasteiger partial charge in [0.05, 0.1) is 5.69 Å². The Morgan fingerprint density at radius 2 is 2.13 bits per heavy atom. The summed E-state index contributed by atoms with van der Waals surface area (Å²) in [7, 11) is 0. The molecule has 0 fully saturated rings. The van der Waals surface area contributed by atoms with Gasteiger partial charge < -0.3 is 4.90 Å². The number of hydrogen-bond acceptors (Lipinski definition) is 1. The number of hydrogen-bond donors (Lipinski definition) is 0. The van der Waals surface area contributed by atoms with Crippen molar-refractivity contribution in [1.82, 2.24) is 0 Å². The monoisotopic (exact) mass is 203 g/mol. The van der Waals surface area contributed by atoms with E-state index in [-0.39, 0.29) is 5.82 Å². The van der Waals surface area contributed by atoms with Gasteiger partial charge in [0, 0.05) is 12.2 Å². The number of nitrogens with zero attached hydrogens (tertiary/aromatic N) is 1. The van der Waals surface area contributed by atoms with Crippen LogP contribution in [0.4, 0.5) is 10.1 Å². The first kappa shape index (κ1) is 9.97. The molecule has 15 heavy (non-hydrogen) atoms. The molecule has 0 saturated carbocycles. The molecule has 1 aliphatic rings.